The zero-order valence-electron chi connectivity index (χ0n) is 9.32. The molecule has 4 heteroatoms. The first-order valence-corrected chi connectivity index (χ1v) is 5.45. The summed E-state index contributed by atoms with van der Waals surface area (Å²) in [6, 6.07) is 9.16. The fourth-order valence-electron chi connectivity index (χ4n) is 1.25. The van der Waals surface area contributed by atoms with E-state index in [2.05, 4.69) is 5.32 Å². The van der Waals surface area contributed by atoms with Gasteiger partial charge in [-0.1, -0.05) is 18.2 Å². The SMILES string of the molecule is NCCOCCCNC(=O)c1ccccc1. The summed E-state index contributed by atoms with van der Waals surface area (Å²) in [6.45, 7) is 2.37. The van der Waals surface area contributed by atoms with Crippen LogP contribution >= 0.6 is 0 Å². The van der Waals surface area contributed by atoms with E-state index in [1.807, 2.05) is 18.2 Å². The Morgan fingerprint density at radius 3 is 2.69 bits per heavy atom. The molecule has 0 fully saturated rings. The molecular formula is C12H18N2O2. The van der Waals surface area contributed by atoms with Gasteiger partial charge < -0.3 is 15.8 Å². The Kier molecular flexibility index (Phi) is 6.22. The molecule has 0 heterocycles. The second-order valence-corrected chi connectivity index (χ2v) is 3.38. The average molecular weight is 222 g/mol. The number of hydrogen-bond acceptors (Lipinski definition) is 3. The average Bonchev–Trinajstić information content (AvgIpc) is 2.34. The molecule has 16 heavy (non-hydrogen) atoms. The number of carbonyl (C=O) groups is 1. The first-order chi connectivity index (χ1) is 7.84. The van der Waals surface area contributed by atoms with Crippen molar-refractivity contribution >= 4 is 5.91 Å². The van der Waals surface area contributed by atoms with Crippen molar-refractivity contribution in [3.8, 4) is 0 Å². The second-order valence-electron chi connectivity index (χ2n) is 3.38. The molecule has 1 aromatic rings. The van der Waals surface area contributed by atoms with Crippen LogP contribution in [0, 0.1) is 0 Å². The Morgan fingerprint density at radius 2 is 2.00 bits per heavy atom. The summed E-state index contributed by atoms with van der Waals surface area (Å²) in [5.41, 5.74) is 5.96. The topological polar surface area (TPSA) is 64.3 Å². The van der Waals surface area contributed by atoms with Crippen LogP contribution in [0.5, 0.6) is 0 Å². The lowest BCUT2D eigenvalue weighted by atomic mass is 10.2. The number of hydrogen-bond donors (Lipinski definition) is 2. The van der Waals surface area contributed by atoms with E-state index < -0.39 is 0 Å². The number of benzene rings is 1. The molecule has 1 rings (SSSR count). The van der Waals surface area contributed by atoms with Crippen LogP contribution in [0.4, 0.5) is 0 Å². The molecule has 0 aliphatic rings. The number of amides is 1. The van der Waals surface area contributed by atoms with E-state index in [-0.39, 0.29) is 5.91 Å². The minimum absolute atomic E-state index is 0.0422. The van der Waals surface area contributed by atoms with Crippen molar-refractivity contribution in [2.24, 2.45) is 5.73 Å². The monoisotopic (exact) mass is 222 g/mol. The molecule has 3 N–H and O–H groups in total. The molecule has 0 radical (unpaired) electrons. The lowest BCUT2D eigenvalue weighted by Gasteiger charge is -2.05. The summed E-state index contributed by atoms with van der Waals surface area (Å²) < 4.78 is 5.19. The van der Waals surface area contributed by atoms with Crippen molar-refractivity contribution in [2.45, 2.75) is 6.42 Å². The van der Waals surface area contributed by atoms with Crippen molar-refractivity contribution in [2.75, 3.05) is 26.3 Å². The molecule has 4 nitrogen and oxygen atoms in total. The molecule has 0 saturated carbocycles. The summed E-state index contributed by atoms with van der Waals surface area (Å²) in [4.78, 5) is 11.6. The Balaban J connectivity index is 2.12. The molecule has 0 aliphatic heterocycles. The van der Waals surface area contributed by atoms with E-state index >= 15 is 0 Å². The van der Waals surface area contributed by atoms with E-state index in [1.165, 1.54) is 0 Å². The van der Waals surface area contributed by atoms with Crippen LogP contribution < -0.4 is 11.1 Å². The van der Waals surface area contributed by atoms with Gasteiger partial charge in [0.2, 0.25) is 0 Å². The minimum atomic E-state index is -0.0422. The van der Waals surface area contributed by atoms with Gasteiger partial charge in [-0.3, -0.25) is 4.79 Å². The van der Waals surface area contributed by atoms with Gasteiger partial charge in [0, 0.05) is 25.3 Å². The number of ether oxygens (including phenoxy) is 1. The highest BCUT2D eigenvalue weighted by molar-refractivity contribution is 5.94. The molecule has 1 aromatic carbocycles. The second kappa shape index (κ2) is 7.84. The Labute approximate surface area is 95.8 Å². The standard InChI is InChI=1S/C12H18N2O2/c13-7-10-16-9-4-8-14-12(15)11-5-2-1-3-6-11/h1-3,5-6H,4,7-10,13H2,(H,14,15). The summed E-state index contributed by atoms with van der Waals surface area (Å²) in [5, 5.41) is 2.83. The molecule has 0 unspecified atom stereocenters. The number of nitrogens with one attached hydrogen (secondary N) is 1. The fraction of sp³-hybridized carbons (Fsp3) is 0.417. The molecule has 0 aromatic heterocycles. The highest BCUT2D eigenvalue weighted by Gasteiger charge is 2.02. The van der Waals surface area contributed by atoms with Gasteiger partial charge in [0.05, 0.1) is 6.61 Å². The summed E-state index contributed by atoms with van der Waals surface area (Å²) >= 11 is 0. The van der Waals surface area contributed by atoms with Crippen LogP contribution in [0.1, 0.15) is 16.8 Å². The van der Waals surface area contributed by atoms with Crippen LogP contribution in [-0.2, 0) is 4.74 Å². The van der Waals surface area contributed by atoms with Crippen molar-refractivity contribution in [1.29, 1.82) is 0 Å². The van der Waals surface area contributed by atoms with Gasteiger partial charge in [-0.15, -0.1) is 0 Å². The van der Waals surface area contributed by atoms with Gasteiger partial charge in [0.15, 0.2) is 0 Å². The van der Waals surface area contributed by atoms with E-state index in [0.717, 1.165) is 6.42 Å². The summed E-state index contributed by atoms with van der Waals surface area (Å²) in [7, 11) is 0. The smallest absolute Gasteiger partial charge is 0.251 e. The van der Waals surface area contributed by atoms with E-state index in [0.29, 0.717) is 31.9 Å². The molecule has 1 amide bonds. The van der Waals surface area contributed by atoms with E-state index in [1.54, 1.807) is 12.1 Å². The van der Waals surface area contributed by atoms with Gasteiger partial charge in [-0.25, -0.2) is 0 Å². The van der Waals surface area contributed by atoms with Gasteiger partial charge >= 0.3 is 0 Å². The molecule has 0 atom stereocenters. The maximum absolute atomic E-state index is 11.6. The van der Waals surface area contributed by atoms with E-state index in [9.17, 15) is 4.79 Å². The highest BCUT2D eigenvalue weighted by Crippen LogP contribution is 1.97. The van der Waals surface area contributed by atoms with Gasteiger partial charge in [0.1, 0.15) is 0 Å². The van der Waals surface area contributed by atoms with Crippen molar-refractivity contribution in [3.05, 3.63) is 35.9 Å². The number of carbonyl (C=O) groups excluding carboxylic acids is 1. The Hall–Kier alpha value is -1.39. The van der Waals surface area contributed by atoms with Gasteiger partial charge in [0.25, 0.3) is 5.91 Å². The molecular weight excluding hydrogens is 204 g/mol. The third-order valence-electron chi connectivity index (χ3n) is 2.05. The number of nitrogens with two attached hydrogens (primary N) is 1. The van der Waals surface area contributed by atoms with E-state index in [4.69, 9.17) is 10.5 Å². The predicted octanol–water partition coefficient (Wildman–Crippen LogP) is 0.782. The zero-order chi connectivity index (χ0) is 11.6. The van der Waals surface area contributed by atoms with Gasteiger partial charge in [-0.2, -0.15) is 0 Å². The Bertz CT molecular complexity index is 301. The maximum Gasteiger partial charge on any atom is 0.251 e. The largest absolute Gasteiger partial charge is 0.380 e. The maximum atomic E-state index is 11.6. The van der Waals surface area contributed by atoms with Crippen LogP contribution in [0.25, 0.3) is 0 Å². The minimum Gasteiger partial charge on any atom is -0.380 e. The first kappa shape index (κ1) is 12.7. The van der Waals surface area contributed by atoms with Crippen molar-refractivity contribution < 1.29 is 9.53 Å². The van der Waals surface area contributed by atoms with Crippen LogP contribution in [0.15, 0.2) is 30.3 Å². The lowest BCUT2D eigenvalue weighted by molar-refractivity contribution is 0.0943. The predicted molar refractivity (Wildman–Crippen MR) is 63.3 cm³/mol. The quantitative estimate of drug-likeness (QED) is 0.670. The third kappa shape index (κ3) is 4.91. The summed E-state index contributed by atoms with van der Waals surface area (Å²) in [5.74, 6) is -0.0422. The van der Waals surface area contributed by atoms with Crippen LogP contribution in [-0.4, -0.2) is 32.2 Å². The van der Waals surface area contributed by atoms with Crippen LogP contribution in [0.3, 0.4) is 0 Å². The molecule has 0 bridgehead atoms. The highest BCUT2D eigenvalue weighted by atomic mass is 16.5. The molecule has 0 aliphatic carbocycles. The first-order valence-electron chi connectivity index (χ1n) is 5.45. The number of rotatable bonds is 7. The fourth-order valence-corrected chi connectivity index (χ4v) is 1.25. The summed E-state index contributed by atoms with van der Waals surface area (Å²) in [6.07, 6.45) is 0.804. The molecule has 0 spiro atoms. The van der Waals surface area contributed by atoms with Gasteiger partial charge in [-0.05, 0) is 18.6 Å². The normalized spacial score (nSPS) is 10.1. The molecule has 88 valence electrons. The lowest BCUT2D eigenvalue weighted by Crippen LogP contribution is -2.25. The van der Waals surface area contributed by atoms with Crippen LogP contribution in [0.2, 0.25) is 0 Å². The van der Waals surface area contributed by atoms with Crippen molar-refractivity contribution in [3.63, 3.8) is 0 Å². The third-order valence-corrected chi connectivity index (χ3v) is 2.05. The van der Waals surface area contributed by atoms with Crippen molar-refractivity contribution in [1.82, 2.24) is 5.32 Å². The Morgan fingerprint density at radius 1 is 1.25 bits per heavy atom. The molecule has 0 saturated heterocycles. The zero-order valence-corrected chi connectivity index (χ0v) is 9.32.